The van der Waals surface area contributed by atoms with E-state index in [-0.39, 0.29) is 11.8 Å². The fraction of sp³-hybridized carbons (Fsp3) is 0.467. The molecule has 0 aliphatic rings. The number of carbonyl (C=O) groups is 2. The van der Waals surface area contributed by atoms with Crippen LogP contribution in [-0.2, 0) is 9.59 Å². The lowest BCUT2D eigenvalue weighted by atomic mass is 10.0. The van der Waals surface area contributed by atoms with Crippen LogP contribution in [0.4, 0.5) is 5.69 Å². The van der Waals surface area contributed by atoms with E-state index in [1.807, 2.05) is 45.9 Å². The Hall–Kier alpha value is -1.84. The smallest absolute Gasteiger partial charge is 0.247 e. The Balaban J connectivity index is 2.90. The highest BCUT2D eigenvalue weighted by Crippen LogP contribution is 2.16. The van der Waals surface area contributed by atoms with Gasteiger partial charge in [-0.1, -0.05) is 19.9 Å². The highest BCUT2D eigenvalue weighted by atomic mass is 16.2. The van der Waals surface area contributed by atoms with Crippen molar-refractivity contribution in [3.8, 4) is 0 Å². The molecular weight excluding hydrogens is 240 g/mol. The van der Waals surface area contributed by atoms with Crippen molar-refractivity contribution in [2.45, 2.75) is 33.7 Å². The van der Waals surface area contributed by atoms with Crippen LogP contribution >= 0.6 is 0 Å². The molecule has 0 fully saturated rings. The van der Waals surface area contributed by atoms with Gasteiger partial charge in [0.1, 0.15) is 6.04 Å². The van der Waals surface area contributed by atoms with Crippen LogP contribution in [0.1, 0.15) is 25.0 Å². The fourth-order valence-electron chi connectivity index (χ4n) is 2.29. The predicted molar refractivity (Wildman–Crippen MR) is 77.0 cm³/mol. The van der Waals surface area contributed by atoms with Crippen LogP contribution in [0.2, 0.25) is 0 Å². The Labute approximate surface area is 114 Å². The molecule has 0 spiro atoms. The normalized spacial score (nSPS) is 12.1. The zero-order valence-corrected chi connectivity index (χ0v) is 12.2. The Kier molecular flexibility index (Phi) is 5.10. The first kappa shape index (κ1) is 15.2. The summed E-state index contributed by atoms with van der Waals surface area (Å²) in [5, 5.41) is 2.88. The van der Waals surface area contributed by atoms with E-state index in [1.54, 1.807) is 7.05 Å². The minimum Gasteiger partial charge on any atom is -0.336 e. The summed E-state index contributed by atoms with van der Waals surface area (Å²) in [6, 6.07) is 5.43. The van der Waals surface area contributed by atoms with Crippen molar-refractivity contribution in [2.24, 2.45) is 5.92 Å². The quantitative estimate of drug-likeness (QED) is 0.828. The van der Waals surface area contributed by atoms with Gasteiger partial charge in [-0.15, -0.1) is 0 Å². The van der Waals surface area contributed by atoms with Gasteiger partial charge >= 0.3 is 0 Å². The molecule has 1 unspecified atom stereocenters. The van der Waals surface area contributed by atoms with Crippen molar-refractivity contribution in [3.05, 3.63) is 29.3 Å². The minimum atomic E-state index is -0.460. The van der Waals surface area contributed by atoms with Gasteiger partial charge in [0.15, 0.2) is 0 Å². The molecule has 0 aromatic heterocycles. The van der Waals surface area contributed by atoms with Crippen molar-refractivity contribution in [1.82, 2.24) is 4.90 Å². The Bertz CT molecular complexity index is 449. The van der Waals surface area contributed by atoms with Crippen LogP contribution in [0, 0.1) is 19.8 Å². The summed E-state index contributed by atoms with van der Waals surface area (Å²) in [5.41, 5.74) is 2.97. The molecule has 1 aromatic carbocycles. The van der Waals surface area contributed by atoms with Crippen molar-refractivity contribution in [2.75, 3.05) is 12.4 Å². The van der Waals surface area contributed by atoms with E-state index < -0.39 is 6.04 Å². The molecule has 0 saturated heterocycles. The molecule has 0 aliphatic carbocycles. The molecule has 2 amide bonds. The number of rotatable bonds is 5. The average molecular weight is 262 g/mol. The van der Waals surface area contributed by atoms with Gasteiger partial charge in [0.25, 0.3) is 0 Å². The zero-order valence-electron chi connectivity index (χ0n) is 12.2. The summed E-state index contributed by atoms with van der Waals surface area (Å²) >= 11 is 0. The highest BCUT2D eigenvalue weighted by Gasteiger charge is 2.25. The standard InChI is InChI=1S/C15H22N2O2/c1-10(2)14(17(5)9-18)15(19)16-13-7-11(3)6-12(4)8-13/h6-10,14H,1-5H3,(H,16,19). The summed E-state index contributed by atoms with van der Waals surface area (Å²) < 4.78 is 0. The maximum absolute atomic E-state index is 12.3. The van der Waals surface area contributed by atoms with Crippen molar-refractivity contribution >= 4 is 18.0 Å². The lowest BCUT2D eigenvalue weighted by molar-refractivity contribution is -0.130. The number of hydrogen-bond acceptors (Lipinski definition) is 2. The molecule has 0 saturated carbocycles. The van der Waals surface area contributed by atoms with Crippen LogP contribution in [0.5, 0.6) is 0 Å². The molecule has 1 rings (SSSR count). The number of benzene rings is 1. The van der Waals surface area contributed by atoms with Crippen LogP contribution in [0.3, 0.4) is 0 Å². The predicted octanol–water partition coefficient (Wildman–Crippen LogP) is 2.35. The van der Waals surface area contributed by atoms with E-state index >= 15 is 0 Å². The van der Waals surface area contributed by atoms with Gasteiger partial charge in [-0.3, -0.25) is 9.59 Å². The third kappa shape index (κ3) is 4.09. The molecule has 1 atom stereocenters. The maximum Gasteiger partial charge on any atom is 0.247 e. The number of amides is 2. The van der Waals surface area contributed by atoms with Crippen LogP contribution in [0.15, 0.2) is 18.2 Å². The first-order valence-corrected chi connectivity index (χ1v) is 6.41. The number of carbonyl (C=O) groups excluding carboxylic acids is 2. The number of aryl methyl sites for hydroxylation is 2. The minimum absolute atomic E-state index is 0.0566. The average Bonchev–Trinajstić information content (AvgIpc) is 2.26. The molecule has 4 heteroatoms. The number of anilines is 1. The van der Waals surface area contributed by atoms with Crippen molar-refractivity contribution in [1.29, 1.82) is 0 Å². The number of nitrogens with zero attached hydrogens (tertiary/aromatic N) is 1. The van der Waals surface area contributed by atoms with Crippen LogP contribution < -0.4 is 5.32 Å². The number of hydrogen-bond donors (Lipinski definition) is 1. The number of likely N-dealkylation sites (N-methyl/N-ethyl adjacent to an activating group) is 1. The number of nitrogens with one attached hydrogen (secondary N) is 1. The highest BCUT2D eigenvalue weighted by molar-refractivity contribution is 5.96. The van der Waals surface area contributed by atoms with E-state index in [0.29, 0.717) is 6.41 Å². The first-order chi connectivity index (χ1) is 8.85. The molecule has 0 aliphatic heterocycles. The summed E-state index contributed by atoms with van der Waals surface area (Å²) in [6.07, 6.45) is 0.686. The second kappa shape index (κ2) is 6.36. The van der Waals surface area contributed by atoms with Crippen molar-refractivity contribution < 1.29 is 9.59 Å². The molecule has 4 nitrogen and oxygen atoms in total. The van der Waals surface area contributed by atoms with Crippen molar-refractivity contribution in [3.63, 3.8) is 0 Å². The van der Waals surface area contributed by atoms with E-state index in [1.165, 1.54) is 4.90 Å². The summed E-state index contributed by atoms with van der Waals surface area (Å²) in [5.74, 6) is -0.101. The zero-order chi connectivity index (χ0) is 14.6. The largest absolute Gasteiger partial charge is 0.336 e. The molecule has 0 bridgehead atoms. The van der Waals surface area contributed by atoms with Gasteiger partial charge in [0, 0.05) is 12.7 Å². The van der Waals surface area contributed by atoms with E-state index in [4.69, 9.17) is 0 Å². The summed E-state index contributed by atoms with van der Waals surface area (Å²) in [7, 11) is 1.62. The second-order valence-electron chi connectivity index (χ2n) is 5.33. The van der Waals surface area contributed by atoms with Gasteiger partial charge in [-0.25, -0.2) is 0 Å². The van der Waals surface area contributed by atoms with Gasteiger partial charge in [-0.05, 0) is 43.0 Å². The van der Waals surface area contributed by atoms with Gasteiger partial charge < -0.3 is 10.2 Å². The van der Waals surface area contributed by atoms with Crippen LogP contribution in [-0.4, -0.2) is 30.3 Å². The van der Waals surface area contributed by atoms with E-state index in [2.05, 4.69) is 5.32 Å². The Morgan fingerprint density at radius 2 is 1.74 bits per heavy atom. The van der Waals surface area contributed by atoms with Gasteiger partial charge in [0.2, 0.25) is 12.3 Å². The SMILES string of the molecule is Cc1cc(C)cc(NC(=O)C(C(C)C)N(C)C=O)c1. The monoisotopic (exact) mass is 262 g/mol. The topological polar surface area (TPSA) is 49.4 Å². The third-order valence-corrected chi connectivity index (χ3v) is 2.99. The van der Waals surface area contributed by atoms with E-state index in [9.17, 15) is 9.59 Å². The lowest BCUT2D eigenvalue weighted by Crippen LogP contribution is -2.44. The third-order valence-electron chi connectivity index (χ3n) is 2.99. The molecular formula is C15H22N2O2. The molecule has 0 radical (unpaired) electrons. The second-order valence-corrected chi connectivity index (χ2v) is 5.33. The molecule has 104 valence electrons. The fourth-order valence-corrected chi connectivity index (χ4v) is 2.29. The molecule has 19 heavy (non-hydrogen) atoms. The first-order valence-electron chi connectivity index (χ1n) is 6.41. The Morgan fingerprint density at radius 3 is 2.16 bits per heavy atom. The van der Waals surface area contributed by atoms with E-state index in [0.717, 1.165) is 16.8 Å². The Morgan fingerprint density at radius 1 is 1.21 bits per heavy atom. The molecule has 0 heterocycles. The molecule has 1 aromatic rings. The maximum atomic E-state index is 12.3. The molecule has 1 N–H and O–H groups in total. The summed E-state index contributed by atoms with van der Waals surface area (Å²) in [4.78, 5) is 24.5. The van der Waals surface area contributed by atoms with Gasteiger partial charge in [-0.2, -0.15) is 0 Å². The van der Waals surface area contributed by atoms with Crippen LogP contribution in [0.25, 0.3) is 0 Å². The van der Waals surface area contributed by atoms with Gasteiger partial charge in [0.05, 0.1) is 0 Å². The lowest BCUT2D eigenvalue weighted by Gasteiger charge is -2.27. The summed E-state index contributed by atoms with van der Waals surface area (Å²) in [6.45, 7) is 7.82.